The third-order valence-corrected chi connectivity index (χ3v) is 2.89. The van der Waals surface area contributed by atoms with E-state index in [9.17, 15) is 4.79 Å². The summed E-state index contributed by atoms with van der Waals surface area (Å²) in [5.41, 5.74) is 0. The molecule has 1 amide bonds. The van der Waals surface area contributed by atoms with Gasteiger partial charge in [-0.1, -0.05) is 6.92 Å². The Morgan fingerprint density at radius 2 is 2.31 bits per heavy atom. The standard InChI is InChI=1S/C12H24N2O2/c1-3-7-13-11-6-5-8-14(9-11)12(15)10-16-4-2/h11,13H,3-10H2,1-2H3. The predicted octanol–water partition coefficient (Wildman–Crippen LogP) is 1.01. The van der Waals surface area contributed by atoms with Crippen LogP contribution in [0.15, 0.2) is 0 Å². The van der Waals surface area contributed by atoms with Crippen LogP contribution >= 0.6 is 0 Å². The molecule has 1 aliphatic heterocycles. The van der Waals surface area contributed by atoms with Crippen LogP contribution in [0.25, 0.3) is 0 Å². The summed E-state index contributed by atoms with van der Waals surface area (Å²) in [6, 6.07) is 0.472. The Balaban J connectivity index is 2.28. The molecule has 1 rings (SSSR count). The second-order valence-corrected chi connectivity index (χ2v) is 4.27. The number of piperidine rings is 1. The number of carbonyl (C=O) groups excluding carboxylic acids is 1. The average molecular weight is 228 g/mol. The number of rotatable bonds is 6. The molecule has 0 aliphatic carbocycles. The summed E-state index contributed by atoms with van der Waals surface area (Å²) in [5.74, 6) is 0.129. The van der Waals surface area contributed by atoms with Gasteiger partial charge in [-0.3, -0.25) is 4.79 Å². The third-order valence-electron chi connectivity index (χ3n) is 2.89. The van der Waals surface area contributed by atoms with E-state index in [0.717, 1.165) is 32.5 Å². The molecule has 0 aromatic heterocycles. The highest BCUT2D eigenvalue weighted by molar-refractivity contribution is 5.77. The molecule has 16 heavy (non-hydrogen) atoms. The van der Waals surface area contributed by atoms with Gasteiger partial charge in [0.1, 0.15) is 6.61 Å². The zero-order valence-corrected chi connectivity index (χ0v) is 10.5. The van der Waals surface area contributed by atoms with Crippen LogP contribution in [0.3, 0.4) is 0 Å². The van der Waals surface area contributed by atoms with Crippen LogP contribution in [-0.2, 0) is 9.53 Å². The number of hydrogen-bond acceptors (Lipinski definition) is 3. The van der Waals surface area contributed by atoms with Crippen LogP contribution in [-0.4, -0.2) is 49.7 Å². The molecular weight excluding hydrogens is 204 g/mol. The molecule has 94 valence electrons. The lowest BCUT2D eigenvalue weighted by molar-refractivity contribution is -0.137. The average Bonchev–Trinajstić information content (AvgIpc) is 2.33. The quantitative estimate of drug-likeness (QED) is 0.738. The molecule has 0 aromatic carbocycles. The topological polar surface area (TPSA) is 41.6 Å². The minimum absolute atomic E-state index is 0.129. The molecule has 1 saturated heterocycles. The summed E-state index contributed by atoms with van der Waals surface area (Å²) in [5, 5.41) is 3.48. The van der Waals surface area contributed by atoms with E-state index in [-0.39, 0.29) is 12.5 Å². The monoisotopic (exact) mass is 228 g/mol. The highest BCUT2D eigenvalue weighted by Gasteiger charge is 2.22. The lowest BCUT2D eigenvalue weighted by Crippen LogP contribution is -2.49. The van der Waals surface area contributed by atoms with Crippen molar-refractivity contribution < 1.29 is 9.53 Å². The Hall–Kier alpha value is -0.610. The van der Waals surface area contributed by atoms with Gasteiger partial charge in [-0.2, -0.15) is 0 Å². The summed E-state index contributed by atoms with van der Waals surface area (Å²) in [6.45, 7) is 7.68. The largest absolute Gasteiger partial charge is 0.372 e. The van der Waals surface area contributed by atoms with Crippen molar-refractivity contribution >= 4 is 5.91 Å². The van der Waals surface area contributed by atoms with Gasteiger partial charge in [-0.25, -0.2) is 0 Å². The van der Waals surface area contributed by atoms with E-state index in [1.54, 1.807) is 0 Å². The summed E-state index contributed by atoms with van der Waals surface area (Å²) in [7, 11) is 0. The van der Waals surface area contributed by atoms with Crippen LogP contribution in [0.4, 0.5) is 0 Å². The minimum atomic E-state index is 0.129. The van der Waals surface area contributed by atoms with E-state index in [1.165, 1.54) is 6.42 Å². The van der Waals surface area contributed by atoms with Crippen LogP contribution in [0.5, 0.6) is 0 Å². The van der Waals surface area contributed by atoms with Gasteiger partial charge in [0, 0.05) is 25.7 Å². The normalized spacial score (nSPS) is 21.1. The molecule has 1 aliphatic rings. The van der Waals surface area contributed by atoms with Crippen molar-refractivity contribution in [1.82, 2.24) is 10.2 Å². The zero-order valence-electron chi connectivity index (χ0n) is 10.5. The van der Waals surface area contributed by atoms with Crippen LogP contribution in [0.1, 0.15) is 33.1 Å². The number of likely N-dealkylation sites (tertiary alicyclic amines) is 1. The predicted molar refractivity (Wildman–Crippen MR) is 64.4 cm³/mol. The molecule has 0 radical (unpaired) electrons. The van der Waals surface area contributed by atoms with Crippen molar-refractivity contribution in [2.75, 3.05) is 32.8 Å². The van der Waals surface area contributed by atoms with Crippen LogP contribution in [0.2, 0.25) is 0 Å². The molecule has 0 bridgehead atoms. The molecular formula is C12H24N2O2. The molecule has 1 fully saturated rings. The van der Waals surface area contributed by atoms with Gasteiger partial charge in [0.2, 0.25) is 5.91 Å². The molecule has 1 heterocycles. The van der Waals surface area contributed by atoms with Gasteiger partial charge < -0.3 is 15.0 Å². The van der Waals surface area contributed by atoms with Crippen LogP contribution < -0.4 is 5.32 Å². The van der Waals surface area contributed by atoms with Gasteiger partial charge in [-0.05, 0) is 32.7 Å². The van der Waals surface area contributed by atoms with Crippen molar-refractivity contribution in [1.29, 1.82) is 0 Å². The number of nitrogens with zero attached hydrogens (tertiary/aromatic N) is 1. The lowest BCUT2D eigenvalue weighted by Gasteiger charge is -2.33. The van der Waals surface area contributed by atoms with Crippen molar-refractivity contribution in [2.45, 2.75) is 39.2 Å². The number of hydrogen-bond donors (Lipinski definition) is 1. The van der Waals surface area contributed by atoms with Crippen LogP contribution in [0, 0.1) is 0 Å². The maximum atomic E-state index is 11.7. The smallest absolute Gasteiger partial charge is 0.248 e. The highest BCUT2D eigenvalue weighted by Crippen LogP contribution is 2.10. The van der Waals surface area contributed by atoms with E-state index >= 15 is 0 Å². The zero-order chi connectivity index (χ0) is 11.8. The third kappa shape index (κ3) is 4.49. The Kier molecular flexibility index (Phi) is 6.42. The van der Waals surface area contributed by atoms with Crippen molar-refractivity contribution in [3.63, 3.8) is 0 Å². The fourth-order valence-electron chi connectivity index (χ4n) is 2.00. The molecule has 1 N–H and O–H groups in total. The first-order valence-corrected chi connectivity index (χ1v) is 6.36. The van der Waals surface area contributed by atoms with Crippen molar-refractivity contribution in [2.24, 2.45) is 0 Å². The van der Waals surface area contributed by atoms with E-state index in [1.807, 2.05) is 11.8 Å². The first-order valence-electron chi connectivity index (χ1n) is 6.36. The second kappa shape index (κ2) is 7.63. The number of ether oxygens (including phenoxy) is 1. The molecule has 0 spiro atoms. The summed E-state index contributed by atoms with van der Waals surface area (Å²) in [6.07, 6.45) is 3.42. The summed E-state index contributed by atoms with van der Waals surface area (Å²) in [4.78, 5) is 13.7. The highest BCUT2D eigenvalue weighted by atomic mass is 16.5. The van der Waals surface area contributed by atoms with Crippen molar-refractivity contribution in [3.8, 4) is 0 Å². The Morgan fingerprint density at radius 1 is 1.50 bits per heavy atom. The van der Waals surface area contributed by atoms with E-state index < -0.39 is 0 Å². The number of nitrogens with one attached hydrogen (secondary N) is 1. The first kappa shape index (κ1) is 13.5. The molecule has 4 nitrogen and oxygen atoms in total. The van der Waals surface area contributed by atoms with Gasteiger partial charge in [0.15, 0.2) is 0 Å². The van der Waals surface area contributed by atoms with Gasteiger partial charge in [0.25, 0.3) is 0 Å². The molecule has 1 unspecified atom stereocenters. The molecule has 4 heteroatoms. The SMILES string of the molecule is CCCNC1CCCN(C(=O)COCC)C1. The minimum Gasteiger partial charge on any atom is -0.372 e. The number of amides is 1. The van der Waals surface area contributed by atoms with Crippen molar-refractivity contribution in [3.05, 3.63) is 0 Å². The Labute approximate surface area is 98.3 Å². The second-order valence-electron chi connectivity index (χ2n) is 4.27. The Morgan fingerprint density at radius 3 is 3.00 bits per heavy atom. The molecule has 0 saturated carbocycles. The Bertz CT molecular complexity index is 209. The lowest BCUT2D eigenvalue weighted by atomic mass is 10.1. The van der Waals surface area contributed by atoms with E-state index in [4.69, 9.17) is 4.74 Å². The summed E-state index contributed by atoms with van der Waals surface area (Å²) < 4.78 is 5.15. The van der Waals surface area contributed by atoms with E-state index in [0.29, 0.717) is 12.6 Å². The molecule has 0 aromatic rings. The maximum absolute atomic E-state index is 11.7. The van der Waals surface area contributed by atoms with Gasteiger partial charge >= 0.3 is 0 Å². The maximum Gasteiger partial charge on any atom is 0.248 e. The first-order chi connectivity index (χ1) is 7.77. The molecule has 1 atom stereocenters. The fourth-order valence-corrected chi connectivity index (χ4v) is 2.00. The van der Waals surface area contributed by atoms with Gasteiger partial charge in [0.05, 0.1) is 0 Å². The fraction of sp³-hybridized carbons (Fsp3) is 0.917. The number of carbonyl (C=O) groups is 1. The summed E-state index contributed by atoms with van der Waals surface area (Å²) >= 11 is 0. The van der Waals surface area contributed by atoms with E-state index in [2.05, 4.69) is 12.2 Å². The van der Waals surface area contributed by atoms with Gasteiger partial charge in [-0.15, -0.1) is 0 Å².